The Morgan fingerprint density at radius 3 is 3.05 bits per heavy atom. The number of aromatic nitrogens is 1. The number of fused-ring (bicyclic) bond motifs is 1. The van der Waals surface area contributed by atoms with Crippen LogP contribution in [0.3, 0.4) is 0 Å². The highest BCUT2D eigenvalue weighted by atomic mass is 35.5. The normalized spacial score (nSPS) is 20.6. The Kier molecular flexibility index (Phi) is 4.01. The fraction of sp³-hybridized carbons (Fsp3) is 0.500. The molecule has 20 heavy (non-hydrogen) atoms. The number of nitrogens with zero attached hydrogens (tertiary/aromatic N) is 1. The maximum absolute atomic E-state index is 6.15. The van der Waals surface area contributed by atoms with Gasteiger partial charge in [-0.3, -0.25) is 0 Å². The first-order valence-electron chi connectivity index (χ1n) is 7.28. The highest BCUT2D eigenvalue weighted by molar-refractivity contribution is 6.31. The van der Waals surface area contributed by atoms with E-state index in [0.717, 1.165) is 37.4 Å². The summed E-state index contributed by atoms with van der Waals surface area (Å²) in [6.45, 7) is 3.83. The number of nitrogens with two attached hydrogens (primary N) is 1. The van der Waals surface area contributed by atoms with Gasteiger partial charge in [0.15, 0.2) is 0 Å². The third-order valence-electron chi connectivity index (χ3n) is 3.89. The average molecular weight is 293 g/mol. The number of benzene rings is 1. The minimum absolute atomic E-state index is 0.160. The molecule has 108 valence electrons. The Balaban J connectivity index is 1.98. The molecule has 1 aliphatic rings. The molecule has 2 aromatic rings. The van der Waals surface area contributed by atoms with Crippen molar-refractivity contribution in [3.63, 3.8) is 0 Å². The molecular formula is C16H21ClN2O. The summed E-state index contributed by atoms with van der Waals surface area (Å²) in [4.78, 5) is 0. The molecule has 2 N–H and O–H groups in total. The van der Waals surface area contributed by atoms with Gasteiger partial charge in [-0.05, 0) is 43.9 Å². The molecule has 2 unspecified atom stereocenters. The van der Waals surface area contributed by atoms with Crippen LogP contribution in [-0.2, 0) is 17.7 Å². The fourth-order valence-electron chi connectivity index (χ4n) is 3.01. The van der Waals surface area contributed by atoms with Crippen LogP contribution in [0.5, 0.6) is 0 Å². The number of hydrogen-bond donors (Lipinski definition) is 1. The summed E-state index contributed by atoms with van der Waals surface area (Å²) in [7, 11) is 0. The third-order valence-corrected chi connectivity index (χ3v) is 4.13. The topological polar surface area (TPSA) is 40.2 Å². The molecular weight excluding hydrogens is 272 g/mol. The van der Waals surface area contributed by atoms with Crippen LogP contribution in [0.25, 0.3) is 10.9 Å². The highest BCUT2D eigenvalue weighted by Crippen LogP contribution is 2.27. The van der Waals surface area contributed by atoms with Crippen LogP contribution in [-0.4, -0.2) is 23.3 Å². The van der Waals surface area contributed by atoms with Gasteiger partial charge >= 0.3 is 0 Å². The largest absolute Gasteiger partial charge is 0.376 e. The fourth-order valence-corrected chi connectivity index (χ4v) is 3.18. The molecule has 1 aromatic carbocycles. The summed E-state index contributed by atoms with van der Waals surface area (Å²) in [5.41, 5.74) is 8.44. The number of halogens is 1. The first-order valence-corrected chi connectivity index (χ1v) is 7.66. The average Bonchev–Trinajstić information content (AvgIpc) is 2.99. The molecule has 0 amide bonds. The van der Waals surface area contributed by atoms with Crippen LogP contribution in [0.15, 0.2) is 24.4 Å². The van der Waals surface area contributed by atoms with Gasteiger partial charge in [0, 0.05) is 41.3 Å². The van der Waals surface area contributed by atoms with Crippen molar-refractivity contribution in [2.75, 3.05) is 6.61 Å². The van der Waals surface area contributed by atoms with E-state index in [0.29, 0.717) is 6.10 Å². The summed E-state index contributed by atoms with van der Waals surface area (Å²) < 4.78 is 8.02. The summed E-state index contributed by atoms with van der Waals surface area (Å²) in [6, 6.07) is 6.25. The van der Waals surface area contributed by atoms with Crippen molar-refractivity contribution in [2.24, 2.45) is 5.73 Å². The van der Waals surface area contributed by atoms with Crippen molar-refractivity contribution < 1.29 is 4.74 Å². The van der Waals surface area contributed by atoms with Gasteiger partial charge in [0.2, 0.25) is 0 Å². The predicted molar refractivity (Wildman–Crippen MR) is 83.3 cm³/mol. The van der Waals surface area contributed by atoms with Crippen molar-refractivity contribution in [2.45, 2.75) is 44.9 Å². The molecule has 0 aliphatic carbocycles. The molecule has 1 aliphatic heterocycles. The molecule has 0 spiro atoms. The lowest BCUT2D eigenvalue weighted by atomic mass is 10.1. The van der Waals surface area contributed by atoms with E-state index in [-0.39, 0.29) is 6.04 Å². The maximum atomic E-state index is 6.15. The lowest BCUT2D eigenvalue weighted by molar-refractivity contribution is 0.0980. The second-order valence-electron chi connectivity index (χ2n) is 5.78. The Morgan fingerprint density at radius 2 is 2.35 bits per heavy atom. The van der Waals surface area contributed by atoms with Crippen molar-refractivity contribution in [3.05, 3.63) is 35.0 Å². The Labute approximate surface area is 124 Å². The second kappa shape index (κ2) is 5.76. The molecule has 3 nitrogen and oxygen atoms in total. The van der Waals surface area contributed by atoms with Crippen LogP contribution in [0.1, 0.15) is 25.3 Å². The van der Waals surface area contributed by atoms with Crippen LogP contribution in [0.4, 0.5) is 0 Å². The number of hydrogen-bond acceptors (Lipinski definition) is 2. The second-order valence-corrected chi connectivity index (χ2v) is 6.22. The van der Waals surface area contributed by atoms with Crippen LogP contribution < -0.4 is 5.73 Å². The maximum Gasteiger partial charge on any atom is 0.0754 e. The van der Waals surface area contributed by atoms with E-state index in [1.807, 2.05) is 19.1 Å². The van der Waals surface area contributed by atoms with Gasteiger partial charge < -0.3 is 15.0 Å². The van der Waals surface area contributed by atoms with E-state index in [2.05, 4.69) is 16.8 Å². The van der Waals surface area contributed by atoms with Crippen LogP contribution in [0, 0.1) is 0 Å². The minimum atomic E-state index is 0.160. The summed E-state index contributed by atoms with van der Waals surface area (Å²) in [5.74, 6) is 0. The molecule has 0 radical (unpaired) electrons. The quantitative estimate of drug-likeness (QED) is 0.938. The Hall–Kier alpha value is -1.03. The number of ether oxygens (including phenoxy) is 1. The van der Waals surface area contributed by atoms with Gasteiger partial charge in [-0.2, -0.15) is 0 Å². The molecule has 4 heteroatoms. The van der Waals surface area contributed by atoms with E-state index >= 15 is 0 Å². The van der Waals surface area contributed by atoms with Crippen molar-refractivity contribution in [1.82, 2.24) is 4.57 Å². The van der Waals surface area contributed by atoms with Crippen molar-refractivity contribution in [1.29, 1.82) is 0 Å². The zero-order chi connectivity index (χ0) is 14.1. The lowest BCUT2D eigenvalue weighted by Crippen LogP contribution is -2.17. The third kappa shape index (κ3) is 2.85. The standard InChI is InChI=1S/C16H21ClN2O/c1-11(18)7-12-9-19(10-14-3-2-6-20-14)16-8-13(17)4-5-15(12)16/h4-5,8-9,11,14H,2-3,6-7,10,18H2,1H3. The predicted octanol–water partition coefficient (Wildman–Crippen LogP) is 3.36. The zero-order valence-electron chi connectivity index (χ0n) is 11.8. The number of rotatable bonds is 4. The van der Waals surface area contributed by atoms with Gasteiger partial charge in [0.1, 0.15) is 0 Å². The summed E-state index contributed by atoms with van der Waals surface area (Å²) in [6.07, 6.45) is 5.73. The van der Waals surface area contributed by atoms with Gasteiger partial charge in [-0.15, -0.1) is 0 Å². The SMILES string of the molecule is CC(N)Cc1cn(CC2CCCO2)c2cc(Cl)ccc12. The minimum Gasteiger partial charge on any atom is -0.376 e. The van der Waals surface area contributed by atoms with Crippen LogP contribution >= 0.6 is 11.6 Å². The smallest absolute Gasteiger partial charge is 0.0754 e. The molecule has 2 heterocycles. The Bertz CT molecular complexity index is 600. The van der Waals surface area contributed by atoms with E-state index in [1.165, 1.54) is 16.5 Å². The Morgan fingerprint density at radius 1 is 1.50 bits per heavy atom. The molecule has 3 rings (SSSR count). The van der Waals surface area contributed by atoms with E-state index in [4.69, 9.17) is 22.1 Å². The van der Waals surface area contributed by atoms with E-state index < -0.39 is 0 Å². The summed E-state index contributed by atoms with van der Waals surface area (Å²) in [5, 5.41) is 2.03. The lowest BCUT2D eigenvalue weighted by Gasteiger charge is -2.11. The first kappa shape index (κ1) is 13.9. The molecule has 2 atom stereocenters. The zero-order valence-corrected chi connectivity index (χ0v) is 12.6. The molecule has 1 saturated heterocycles. The molecule has 1 aromatic heterocycles. The summed E-state index contributed by atoms with van der Waals surface area (Å²) >= 11 is 6.15. The van der Waals surface area contributed by atoms with E-state index in [1.54, 1.807) is 0 Å². The van der Waals surface area contributed by atoms with Gasteiger partial charge in [-0.25, -0.2) is 0 Å². The van der Waals surface area contributed by atoms with Gasteiger partial charge in [-0.1, -0.05) is 17.7 Å². The van der Waals surface area contributed by atoms with Crippen molar-refractivity contribution in [3.8, 4) is 0 Å². The first-order chi connectivity index (χ1) is 9.63. The van der Waals surface area contributed by atoms with E-state index in [9.17, 15) is 0 Å². The monoisotopic (exact) mass is 292 g/mol. The van der Waals surface area contributed by atoms with Crippen LogP contribution in [0.2, 0.25) is 5.02 Å². The molecule has 0 bridgehead atoms. The molecule has 1 fully saturated rings. The van der Waals surface area contributed by atoms with Crippen molar-refractivity contribution >= 4 is 22.5 Å². The highest BCUT2D eigenvalue weighted by Gasteiger charge is 2.18. The van der Waals surface area contributed by atoms with Gasteiger partial charge in [0.05, 0.1) is 6.10 Å². The van der Waals surface area contributed by atoms with Gasteiger partial charge in [0.25, 0.3) is 0 Å². The molecule has 0 saturated carbocycles.